The SMILES string of the molecule is COC(=O)C1(Nc2cccc(F)c2)CCOCC1. The van der Waals surface area contributed by atoms with Gasteiger partial charge in [0.25, 0.3) is 0 Å². The second kappa shape index (κ2) is 5.35. The highest BCUT2D eigenvalue weighted by molar-refractivity contribution is 5.84. The molecule has 1 aliphatic rings. The van der Waals surface area contributed by atoms with Gasteiger partial charge < -0.3 is 14.8 Å². The number of esters is 1. The molecule has 1 fully saturated rings. The maximum absolute atomic E-state index is 13.1. The zero-order valence-electron chi connectivity index (χ0n) is 10.2. The monoisotopic (exact) mass is 253 g/mol. The van der Waals surface area contributed by atoms with Crippen molar-refractivity contribution in [3.8, 4) is 0 Å². The van der Waals surface area contributed by atoms with Gasteiger partial charge >= 0.3 is 5.97 Å². The van der Waals surface area contributed by atoms with Crippen molar-refractivity contribution in [2.45, 2.75) is 18.4 Å². The highest BCUT2D eigenvalue weighted by Gasteiger charge is 2.41. The molecule has 0 unspecified atom stereocenters. The standard InChI is InChI=1S/C13H16FNO3/c1-17-12(16)13(5-7-18-8-6-13)15-11-4-2-3-10(14)9-11/h2-4,9,15H,5-8H2,1H3. The van der Waals surface area contributed by atoms with Crippen molar-refractivity contribution < 1.29 is 18.7 Å². The van der Waals surface area contributed by atoms with E-state index >= 15 is 0 Å². The summed E-state index contributed by atoms with van der Waals surface area (Å²) < 4.78 is 23.3. The average Bonchev–Trinajstić information content (AvgIpc) is 2.39. The fraction of sp³-hybridized carbons (Fsp3) is 0.462. The summed E-state index contributed by atoms with van der Waals surface area (Å²) in [6.07, 6.45) is 1.02. The Hall–Kier alpha value is -1.62. The van der Waals surface area contributed by atoms with Gasteiger partial charge in [-0.1, -0.05) is 6.07 Å². The molecule has 0 radical (unpaired) electrons. The minimum atomic E-state index is -0.819. The summed E-state index contributed by atoms with van der Waals surface area (Å²) in [5, 5.41) is 3.09. The van der Waals surface area contributed by atoms with Gasteiger partial charge in [0.05, 0.1) is 7.11 Å². The Morgan fingerprint density at radius 3 is 2.78 bits per heavy atom. The van der Waals surface area contributed by atoms with E-state index in [-0.39, 0.29) is 11.8 Å². The molecule has 5 heteroatoms. The molecule has 4 nitrogen and oxygen atoms in total. The lowest BCUT2D eigenvalue weighted by molar-refractivity contribution is -0.149. The minimum Gasteiger partial charge on any atom is -0.467 e. The molecule has 2 rings (SSSR count). The van der Waals surface area contributed by atoms with Crippen LogP contribution in [0.2, 0.25) is 0 Å². The summed E-state index contributed by atoms with van der Waals surface area (Å²) >= 11 is 0. The quantitative estimate of drug-likeness (QED) is 0.836. The Kier molecular flexibility index (Phi) is 3.81. The Labute approximate surface area is 105 Å². The van der Waals surface area contributed by atoms with E-state index in [1.807, 2.05) is 0 Å². The first kappa shape index (κ1) is 12.8. The van der Waals surface area contributed by atoms with Gasteiger partial charge in [-0.2, -0.15) is 0 Å². The number of hydrogen-bond donors (Lipinski definition) is 1. The van der Waals surface area contributed by atoms with Crippen molar-refractivity contribution in [3.63, 3.8) is 0 Å². The third-order valence-electron chi connectivity index (χ3n) is 3.13. The molecule has 1 aliphatic heterocycles. The Morgan fingerprint density at radius 1 is 1.44 bits per heavy atom. The minimum absolute atomic E-state index is 0.338. The number of carbonyl (C=O) groups is 1. The zero-order chi connectivity index (χ0) is 13.0. The molecule has 0 bridgehead atoms. The van der Waals surface area contributed by atoms with Gasteiger partial charge in [-0.3, -0.25) is 0 Å². The molecule has 1 heterocycles. The predicted molar refractivity (Wildman–Crippen MR) is 64.8 cm³/mol. The van der Waals surface area contributed by atoms with Gasteiger partial charge in [0.2, 0.25) is 0 Å². The Bertz CT molecular complexity index is 430. The van der Waals surface area contributed by atoms with Crippen molar-refractivity contribution in [2.24, 2.45) is 0 Å². The van der Waals surface area contributed by atoms with E-state index in [0.717, 1.165) is 0 Å². The van der Waals surface area contributed by atoms with E-state index in [4.69, 9.17) is 9.47 Å². The molecule has 0 saturated carbocycles. The summed E-state index contributed by atoms with van der Waals surface area (Å²) in [7, 11) is 1.35. The van der Waals surface area contributed by atoms with Crippen LogP contribution in [0.25, 0.3) is 0 Å². The van der Waals surface area contributed by atoms with E-state index in [9.17, 15) is 9.18 Å². The van der Waals surface area contributed by atoms with Crippen molar-refractivity contribution in [2.75, 3.05) is 25.6 Å². The van der Waals surface area contributed by atoms with Crippen LogP contribution in [0.15, 0.2) is 24.3 Å². The fourth-order valence-corrected chi connectivity index (χ4v) is 2.14. The van der Waals surface area contributed by atoms with Crippen molar-refractivity contribution in [1.29, 1.82) is 0 Å². The third-order valence-corrected chi connectivity index (χ3v) is 3.13. The molecular formula is C13H16FNO3. The van der Waals surface area contributed by atoms with Crippen LogP contribution in [0.5, 0.6) is 0 Å². The van der Waals surface area contributed by atoms with Gasteiger partial charge in [-0.25, -0.2) is 9.18 Å². The number of rotatable bonds is 3. The van der Waals surface area contributed by atoms with E-state index in [0.29, 0.717) is 31.7 Å². The van der Waals surface area contributed by atoms with Gasteiger partial charge in [-0.15, -0.1) is 0 Å². The van der Waals surface area contributed by atoms with Crippen molar-refractivity contribution in [3.05, 3.63) is 30.1 Å². The number of halogens is 1. The van der Waals surface area contributed by atoms with Crippen molar-refractivity contribution >= 4 is 11.7 Å². The van der Waals surface area contributed by atoms with Crippen molar-refractivity contribution in [1.82, 2.24) is 0 Å². The lowest BCUT2D eigenvalue weighted by Crippen LogP contribution is -2.51. The second-order valence-electron chi connectivity index (χ2n) is 4.32. The average molecular weight is 253 g/mol. The van der Waals surface area contributed by atoms with Crippen LogP contribution in [0.1, 0.15) is 12.8 Å². The molecule has 1 saturated heterocycles. The van der Waals surface area contributed by atoms with Gasteiger partial charge in [0.15, 0.2) is 0 Å². The summed E-state index contributed by atoms with van der Waals surface area (Å²) in [5.74, 6) is -0.679. The number of anilines is 1. The summed E-state index contributed by atoms with van der Waals surface area (Å²) in [6, 6.07) is 6.05. The van der Waals surface area contributed by atoms with E-state index < -0.39 is 5.54 Å². The van der Waals surface area contributed by atoms with Crippen LogP contribution in [-0.2, 0) is 14.3 Å². The van der Waals surface area contributed by atoms with Crippen LogP contribution in [-0.4, -0.2) is 31.8 Å². The Balaban J connectivity index is 2.22. The zero-order valence-corrected chi connectivity index (χ0v) is 10.2. The van der Waals surface area contributed by atoms with Crippen LogP contribution >= 0.6 is 0 Å². The predicted octanol–water partition coefficient (Wildman–Crippen LogP) is 1.96. The summed E-state index contributed by atoms with van der Waals surface area (Å²) in [5.41, 5.74) is -0.247. The topological polar surface area (TPSA) is 47.6 Å². The molecule has 1 N–H and O–H groups in total. The number of carbonyl (C=O) groups excluding carboxylic acids is 1. The number of nitrogens with one attached hydrogen (secondary N) is 1. The van der Waals surface area contributed by atoms with E-state index in [2.05, 4.69) is 5.32 Å². The molecule has 0 aliphatic carbocycles. The Morgan fingerprint density at radius 2 is 2.17 bits per heavy atom. The first-order valence-corrected chi connectivity index (χ1v) is 5.86. The smallest absolute Gasteiger partial charge is 0.331 e. The van der Waals surface area contributed by atoms with Crippen LogP contribution < -0.4 is 5.32 Å². The highest BCUT2D eigenvalue weighted by Crippen LogP contribution is 2.27. The molecule has 0 aromatic heterocycles. The first-order chi connectivity index (χ1) is 8.66. The normalized spacial score (nSPS) is 18.1. The van der Waals surface area contributed by atoms with Gasteiger partial charge in [0.1, 0.15) is 11.4 Å². The molecular weight excluding hydrogens is 237 g/mol. The lowest BCUT2D eigenvalue weighted by atomic mass is 9.89. The fourth-order valence-electron chi connectivity index (χ4n) is 2.14. The molecule has 98 valence electrons. The molecule has 1 aromatic rings. The molecule has 18 heavy (non-hydrogen) atoms. The highest BCUT2D eigenvalue weighted by atomic mass is 19.1. The summed E-state index contributed by atoms with van der Waals surface area (Å²) in [6.45, 7) is 0.967. The molecule has 0 atom stereocenters. The molecule has 1 aromatic carbocycles. The van der Waals surface area contributed by atoms with E-state index in [1.54, 1.807) is 12.1 Å². The van der Waals surface area contributed by atoms with Crippen LogP contribution in [0.4, 0.5) is 10.1 Å². The second-order valence-corrected chi connectivity index (χ2v) is 4.32. The van der Waals surface area contributed by atoms with Crippen LogP contribution in [0.3, 0.4) is 0 Å². The van der Waals surface area contributed by atoms with Gasteiger partial charge in [-0.05, 0) is 18.2 Å². The first-order valence-electron chi connectivity index (χ1n) is 5.86. The lowest BCUT2D eigenvalue weighted by Gasteiger charge is -2.35. The van der Waals surface area contributed by atoms with Crippen LogP contribution in [0, 0.1) is 5.82 Å². The number of ether oxygens (including phenoxy) is 2. The number of benzene rings is 1. The molecule has 0 amide bonds. The maximum Gasteiger partial charge on any atom is 0.331 e. The largest absolute Gasteiger partial charge is 0.467 e. The van der Waals surface area contributed by atoms with Gasteiger partial charge in [0, 0.05) is 31.7 Å². The number of hydrogen-bond acceptors (Lipinski definition) is 4. The van der Waals surface area contributed by atoms with E-state index in [1.165, 1.54) is 19.2 Å². The maximum atomic E-state index is 13.1. The third kappa shape index (κ3) is 2.61. The summed E-state index contributed by atoms with van der Waals surface area (Å²) in [4.78, 5) is 11.9. The number of methoxy groups -OCH3 is 1. The molecule has 0 spiro atoms.